The summed E-state index contributed by atoms with van der Waals surface area (Å²) in [6.45, 7) is 0. The van der Waals surface area contributed by atoms with Crippen LogP contribution in [-0.4, -0.2) is 28.8 Å². The van der Waals surface area contributed by atoms with Crippen molar-refractivity contribution < 1.29 is 13.9 Å². The van der Waals surface area contributed by atoms with Crippen molar-refractivity contribution in [1.29, 1.82) is 0 Å². The first kappa shape index (κ1) is 17.2. The van der Waals surface area contributed by atoms with Gasteiger partial charge in [-0.1, -0.05) is 23.5 Å². The highest BCUT2D eigenvalue weighted by atomic mass is 32.1. The topological polar surface area (TPSA) is 65.7 Å². The van der Waals surface area contributed by atoms with E-state index in [0.29, 0.717) is 32.4 Å². The van der Waals surface area contributed by atoms with E-state index in [9.17, 15) is 9.18 Å². The molecule has 0 aliphatic rings. The standard InChI is InChI=1S/C19H14FN3O3S/c1-25-14-8-5-12(10-15(14)26-2)17-21-19-23(22-17)18(24)16(27-19)9-11-3-6-13(20)7-4-11/h3-10H,1-2H3. The Kier molecular flexibility index (Phi) is 4.33. The summed E-state index contributed by atoms with van der Waals surface area (Å²) in [6.07, 6.45) is 1.69. The van der Waals surface area contributed by atoms with Crippen LogP contribution in [0, 0.1) is 5.82 Å². The SMILES string of the molecule is COc1ccc(-c2nc3sc(=Cc4ccc(F)cc4)c(=O)n3n2)cc1OC. The molecule has 0 saturated heterocycles. The van der Waals surface area contributed by atoms with Gasteiger partial charge in [0.25, 0.3) is 5.56 Å². The van der Waals surface area contributed by atoms with E-state index in [0.717, 1.165) is 5.56 Å². The van der Waals surface area contributed by atoms with Gasteiger partial charge >= 0.3 is 0 Å². The maximum absolute atomic E-state index is 13.0. The molecule has 2 heterocycles. The highest BCUT2D eigenvalue weighted by molar-refractivity contribution is 7.15. The minimum Gasteiger partial charge on any atom is -0.493 e. The summed E-state index contributed by atoms with van der Waals surface area (Å²) >= 11 is 1.23. The second-order valence-electron chi connectivity index (χ2n) is 5.67. The molecule has 2 aromatic heterocycles. The summed E-state index contributed by atoms with van der Waals surface area (Å²) in [4.78, 5) is 17.5. The van der Waals surface area contributed by atoms with Gasteiger partial charge in [0.1, 0.15) is 5.82 Å². The molecule has 0 aliphatic heterocycles. The maximum atomic E-state index is 13.0. The number of nitrogens with zero attached hydrogens (tertiary/aromatic N) is 3. The van der Waals surface area contributed by atoms with Crippen molar-refractivity contribution in [2.75, 3.05) is 14.2 Å². The molecule has 0 saturated carbocycles. The number of thiazole rings is 1. The number of aromatic nitrogens is 3. The van der Waals surface area contributed by atoms with Gasteiger partial charge in [-0.3, -0.25) is 4.79 Å². The van der Waals surface area contributed by atoms with Crippen molar-refractivity contribution in [3.63, 3.8) is 0 Å². The molecule has 0 N–H and O–H groups in total. The highest BCUT2D eigenvalue weighted by Gasteiger charge is 2.14. The first-order valence-corrected chi connectivity index (χ1v) is 8.80. The lowest BCUT2D eigenvalue weighted by molar-refractivity contribution is 0.355. The Labute approximate surface area is 157 Å². The normalized spacial score (nSPS) is 11.9. The number of benzene rings is 2. The summed E-state index contributed by atoms with van der Waals surface area (Å²) in [5.74, 6) is 1.26. The van der Waals surface area contributed by atoms with Gasteiger partial charge in [0.05, 0.1) is 18.8 Å². The fourth-order valence-electron chi connectivity index (χ4n) is 2.64. The molecule has 0 aliphatic carbocycles. The monoisotopic (exact) mass is 383 g/mol. The molecular weight excluding hydrogens is 369 g/mol. The molecule has 0 atom stereocenters. The molecule has 6 nitrogen and oxygen atoms in total. The van der Waals surface area contributed by atoms with Gasteiger partial charge in [-0.05, 0) is 42.0 Å². The number of halogens is 1. The highest BCUT2D eigenvalue weighted by Crippen LogP contribution is 2.31. The van der Waals surface area contributed by atoms with Crippen LogP contribution in [0.1, 0.15) is 5.56 Å². The lowest BCUT2D eigenvalue weighted by Gasteiger charge is -2.07. The van der Waals surface area contributed by atoms with Gasteiger partial charge in [-0.2, -0.15) is 9.50 Å². The van der Waals surface area contributed by atoms with Crippen molar-refractivity contribution in [2.24, 2.45) is 0 Å². The molecule has 0 fully saturated rings. The van der Waals surface area contributed by atoms with Gasteiger partial charge in [0.15, 0.2) is 17.3 Å². The van der Waals surface area contributed by atoms with E-state index in [-0.39, 0.29) is 11.4 Å². The Hall–Kier alpha value is -3.26. The van der Waals surface area contributed by atoms with Crippen LogP contribution >= 0.6 is 11.3 Å². The minimum absolute atomic E-state index is 0.265. The molecule has 4 rings (SSSR count). The lowest BCUT2D eigenvalue weighted by atomic mass is 10.2. The second-order valence-corrected chi connectivity index (χ2v) is 6.68. The number of methoxy groups -OCH3 is 2. The van der Waals surface area contributed by atoms with Crippen LogP contribution in [0.5, 0.6) is 11.5 Å². The third-order valence-electron chi connectivity index (χ3n) is 3.99. The fraction of sp³-hybridized carbons (Fsp3) is 0.105. The number of ether oxygens (including phenoxy) is 2. The number of hydrogen-bond donors (Lipinski definition) is 0. The molecule has 0 unspecified atom stereocenters. The van der Waals surface area contributed by atoms with Gasteiger partial charge in [0.2, 0.25) is 4.96 Å². The van der Waals surface area contributed by atoms with Gasteiger partial charge in [0, 0.05) is 5.56 Å². The van der Waals surface area contributed by atoms with E-state index in [1.165, 1.54) is 28.0 Å². The van der Waals surface area contributed by atoms with Gasteiger partial charge < -0.3 is 9.47 Å². The largest absolute Gasteiger partial charge is 0.493 e. The zero-order valence-electron chi connectivity index (χ0n) is 14.5. The summed E-state index contributed by atoms with van der Waals surface area (Å²) < 4.78 is 25.3. The van der Waals surface area contributed by atoms with Crippen molar-refractivity contribution in [1.82, 2.24) is 14.6 Å². The van der Waals surface area contributed by atoms with Crippen LogP contribution in [0.4, 0.5) is 4.39 Å². The summed E-state index contributed by atoms with van der Waals surface area (Å²) in [6, 6.07) is 11.2. The molecule has 136 valence electrons. The predicted octanol–water partition coefficient (Wildman–Crippen LogP) is 2.52. The summed E-state index contributed by atoms with van der Waals surface area (Å²) in [7, 11) is 3.11. The Balaban J connectivity index is 1.77. The minimum atomic E-state index is -0.322. The van der Waals surface area contributed by atoms with E-state index in [1.807, 2.05) is 0 Å². The Morgan fingerprint density at radius 3 is 2.48 bits per heavy atom. The molecule has 8 heteroatoms. The summed E-state index contributed by atoms with van der Waals surface area (Å²) in [5, 5.41) is 4.32. The van der Waals surface area contributed by atoms with E-state index in [4.69, 9.17) is 9.47 Å². The number of fused-ring (bicyclic) bond motifs is 1. The molecule has 0 bridgehead atoms. The zero-order valence-corrected chi connectivity index (χ0v) is 15.3. The van der Waals surface area contributed by atoms with E-state index >= 15 is 0 Å². The van der Waals surface area contributed by atoms with Crippen molar-refractivity contribution in [3.05, 3.63) is 68.7 Å². The molecule has 27 heavy (non-hydrogen) atoms. The first-order valence-electron chi connectivity index (χ1n) is 7.98. The van der Waals surface area contributed by atoms with Crippen molar-refractivity contribution in [3.8, 4) is 22.9 Å². The number of hydrogen-bond acceptors (Lipinski definition) is 6. The molecule has 4 aromatic rings. The predicted molar refractivity (Wildman–Crippen MR) is 101 cm³/mol. The quantitative estimate of drug-likeness (QED) is 0.542. The van der Waals surface area contributed by atoms with E-state index in [1.54, 1.807) is 50.6 Å². The third kappa shape index (κ3) is 3.15. The van der Waals surface area contributed by atoms with Crippen LogP contribution in [0.3, 0.4) is 0 Å². The average molecular weight is 383 g/mol. The third-order valence-corrected chi connectivity index (χ3v) is 4.95. The van der Waals surface area contributed by atoms with E-state index in [2.05, 4.69) is 10.1 Å². The molecule has 0 radical (unpaired) electrons. The van der Waals surface area contributed by atoms with Crippen molar-refractivity contribution in [2.45, 2.75) is 0 Å². The molecule has 0 spiro atoms. The fourth-order valence-corrected chi connectivity index (χ4v) is 3.55. The van der Waals surface area contributed by atoms with Gasteiger partial charge in [-0.15, -0.1) is 5.10 Å². The van der Waals surface area contributed by atoms with E-state index < -0.39 is 0 Å². The van der Waals surface area contributed by atoms with Crippen LogP contribution in [-0.2, 0) is 0 Å². The smallest absolute Gasteiger partial charge is 0.291 e. The maximum Gasteiger partial charge on any atom is 0.291 e. The van der Waals surface area contributed by atoms with Crippen LogP contribution in [0.15, 0.2) is 47.3 Å². The molecule has 2 aromatic carbocycles. The number of rotatable bonds is 4. The van der Waals surface area contributed by atoms with Gasteiger partial charge in [-0.25, -0.2) is 4.39 Å². The average Bonchev–Trinajstić information content (AvgIpc) is 3.23. The van der Waals surface area contributed by atoms with Crippen LogP contribution in [0.2, 0.25) is 0 Å². The Morgan fingerprint density at radius 2 is 1.81 bits per heavy atom. The summed E-state index contributed by atoms with van der Waals surface area (Å²) in [5.41, 5.74) is 1.18. The Morgan fingerprint density at radius 1 is 1.07 bits per heavy atom. The Bertz CT molecular complexity index is 1230. The second kappa shape index (κ2) is 6.81. The lowest BCUT2D eigenvalue weighted by Crippen LogP contribution is -2.23. The first-order chi connectivity index (χ1) is 13.1. The van der Waals surface area contributed by atoms with Crippen LogP contribution < -0.4 is 19.6 Å². The molecule has 0 amide bonds. The zero-order chi connectivity index (χ0) is 19.0. The van der Waals surface area contributed by atoms with Crippen molar-refractivity contribution >= 4 is 22.4 Å². The van der Waals surface area contributed by atoms with Crippen LogP contribution in [0.25, 0.3) is 22.4 Å². The molecular formula is C19H14FN3O3S.